The Hall–Kier alpha value is -2.74. The summed E-state index contributed by atoms with van der Waals surface area (Å²) in [6, 6.07) is 27.9. The molecule has 3 aromatic carbocycles. The van der Waals surface area contributed by atoms with E-state index in [1.807, 2.05) is 36.4 Å². The third kappa shape index (κ3) is 3.23. The molecule has 0 unspecified atom stereocenters. The minimum Gasteiger partial charge on any atom is -0.508 e. The van der Waals surface area contributed by atoms with Crippen LogP contribution < -0.4 is 4.90 Å². The number of anilines is 2. The molecule has 0 fully saturated rings. The first kappa shape index (κ1) is 13.3. The first-order valence-electron chi connectivity index (χ1n) is 6.98. The van der Waals surface area contributed by atoms with Gasteiger partial charge < -0.3 is 10.0 Å². The van der Waals surface area contributed by atoms with Gasteiger partial charge in [0.15, 0.2) is 0 Å². The van der Waals surface area contributed by atoms with Gasteiger partial charge in [0.1, 0.15) is 5.75 Å². The van der Waals surface area contributed by atoms with Crippen LogP contribution in [0.5, 0.6) is 5.75 Å². The van der Waals surface area contributed by atoms with Crippen LogP contribution >= 0.6 is 0 Å². The second kappa shape index (κ2) is 6.14. The number of rotatable bonds is 4. The monoisotopic (exact) mass is 275 g/mol. The lowest BCUT2D eigenvalue weighted by Crippen LogP contribution is -2.16. The molecule has 0 aliphatic rings. The maximum atomic E-state index is 9.48. The zero-order chi connectivity index (χ0) is 14.5. The van der Waals surface area contributed by atoms with Gasteiger partial charge in [0.25, 0.3) is 0 Å². The van der Waals surface area contributed by atoms with E-state index in [1.54, 1.807) is 12.1 Å². The van der Waals surface area contributed by atoms with Gasteiger partial charge in [-0.2, -0.15) is 0 Å². The van der Waals surface area contributed by atoms with E-state index in [4.69, 9.17) is 0 Å². The molecule has 0 aromatic heterocycles. The summed E-state index contributed by atoms with van der Waals surface area (Å²) in [4.78, 5) is 2.23. The highest BCUT2D eigenvalue weighted by molar-refractivity contribution is 5.63. The van der Waals surface area contributed by atoms with E-state index >= 15 is 0 Å². The van der Waals surface area contributed by atoms with Crippen molar-refractivity contribution in [1.29, 1.82) is 0 Å². The zero-order valence-electron chi connectivity index (χ0n) is 11.7. The van der Waals surface area contributed by atoms with Crippen molar-refractivity contribution in [1.82, 2.24) is 0 Å². The first-order chi connectivity index (χ1) is 10.3. The summed E-state index contributed by atoms with van der Waals surface area (Å²) in [5, 5.41) is 9.48. The summed E-state index contributed by atoms with van der Waals surface area (Å²) in [6.07, 6.45) is 0. The lowest BCUT2D eigenvalue weighted by atomic mass is 10.1. The molecule has 104 valence electrons. The van der Waals surface area contributed by atoms with Gasteiger partial charge in [-0.15, -0.1) is 0 Å². The zero-order valence-corrected chi connectivity index (χ0v) is 11.7. The molecule has 3 rings (SSSR count). The van der Waals surface area contributed by atoms with Crippen LogP contribution in [0, 0.1) is 0 Å². The molecule has 21 heavy (non-hydrogen) atoms. The standard InChI is InChI=1S/C19H17NO/c21-19-13-11-18(12-14-19)20(17-9-5-2-6-10-17)15-16-7-3-1-4-8-16/h1-14,21H,15H2. The summed E-state index contributed by atoms with van der Waals surface area (Å²) in [6.45, 7) is 0.787. The second-order valence-electron chi connectivity index (χ2n) is 4.92. The molecule has 3 aromatic rings. The molecule has 2 nitrogen and oxygen atoms in total. The van der Waals surface area contributed by atoms with Crippen molar-refractivity contribution < 1.29 is 5.11 Å². The average Bonchev–Trinajstić information content (AvgIpc) is 2.55. The normalized spacial score (nSPS) is 10.3. The quantitative estimate of drug-likeness (QED) is 0.744. The summed E-state index contributed by atoms with van der Waals surface area (Å²) in [5.41, 5.74) is 3.43. The van der Waals surface area contributed by atoms with Crippen LogP contribution in [0.3, 0.4) is 0 Å². The smallest absolute Gasteiger partial charge is 0.115 e. The number of hydrogen-bond donors (Lipinski definition) is 1. The predicted octanol–water partition coefficient (Wildman–Crippen LogP) is 4.73. The molecule has 0 aliphatic heterocycles. The molecule has 2 heteroatoms. The summed E-state index contributed by atoms with van der Waals surface area (Å²) >= 11 is 0. The fourth-order valence-electron chi connectivity index (χ4n) is 2.34. The van der Waals surface area contributed by atoms with Gasteiger partial charge in [0.05, 0.1) is 0 Å². The van der Waals surface area contributed by atoms with Crippen LogP contribution in [0.4, 0.5) is 11.4 Å². The van der Waals surface area contributed by atoms with Crippen LogP contribution in [0.1, 0.15) is 5.56 Å². The lowest BCUT2D eigenvalue weighted by Gasteiger charge is -2.25. The van der Waals surface area contributed by atoms with Gasteiger partial charge in [-0.05, 0) is 42.0 Å². The van der Waals surface area contributed by atoms with Gasteiger partial charge in [0.2, 0.25) is 0 Å². The van der Waals surface area contributed by atoms with Gasteiger partial charge in [-0.1, -0.05) is 48.5 Å². The highest BCUT2D eigenvalue weighted by Crippen LogP contribution is 2.28. The van der Waals surface area contributed by atoms with Crippen molar-refractivity contribution in [2.45, 2.75) is 6.54 Å². The van der Waals surface area contributed by atoms with Crippen LogP contribution in [-0.2, 0) is 6.54 Å². The third-order valence-corrected chi connectivity index (χ3v) is 3.41. The number of phenols is 1. The van der Waals surface area contributed by atoms with Gasteiger partial charge in [0, 0.05) is 17.9 Å². The van der Waals surface area contributed by atoms with Crippen molar-refractivity contribution >= 4 is 11.4 Å². The largest absolute Gasteiger partial charge is 0.508 e. The van der Waals surface area contributed by atoms with E-state index in [1.165, 1.54) is 5.56 Å². The summed E-state index contributed by atoms with van der Waals surface area (Å²) < 4.78 is 0. The Labute approximate surface area is 124 Å². The minimum absolute atomic E-state index is 0.284. The van der Waals surface area contributed by atoms with Crippen molar-refractivity contribution in [3.8, 4) is 5.75 Å². The first-order valence-corrected chi connectivity index (χ1v) is 6.98. The number of benzene rings is 3. The second-order valence-corrected chi connectivity index (χ2v) is 4.92. The average molecular weight is 275 g/mol. The van der Waals surface area contributed by atoms with Crippen LogP contribution in [-0.4, -0.2) is 5.11 Å². The van der Waals surface area contributed by atoms with Crippen LogP contribution in [0.25, 0.3) is 0 Å². The Morgan fingerprint density at radius 1 is 0.619 bits per heavy atom. The van der Waals surface area contributed by atoms with Crippen molar-refractivity contribution in [3.05, 3.63) is 90.5 Å². The van der Waals surface area contributed by atoms with E-state index in [0.29, 0.717) is 0 Å². The summed E-state index contributed by atoms with van der Waals surface area (Å²) in [7, 11) is 0. The number of hydrogen-bond acceptors (Lipinski definition) is 2. The Kier molecular flexibility index (Phi) is 3.88. The van der Waals surface area contributed by atoms with Crippen LogP contribution in [0.15, 0.2) is 84.9 Å². The Balaban J connectivity index is 1.97. The van der Waals surface area contributed by atoms with E-state index in [-0.39, 0.29) is 5.75 Å². The molecule has 1 N–H and O–H groups in total. The number of para-hydroxylation sites is 1. The van der Waals surface area contributed by atoms with Crippen molar-refractivity contribution in [2.75, 3.05) is 4.90 Å². The molecule has 0 bridgehead atoms. The molecule has 0 saturated carbocycles. The highest BCUT2D eigenvalue weighted by atomic mass is 16.3. The summed E-state index contributed by atoms with van der Waals surface area (Å²) in [5.74, 6) is 0.284. The highest BCUT2D eigenvalue weighted by Gasteiger charge is 2.09. The van der Waals surface area contributed by atoms with Crippen molar-refractivity contribution in [2.24, 2.45) is 0 Å². The van der Waals surface area contributed by atoms with Crippen LogP contribution in [0.2, 0.25) is 0 Å². The number of aromatic hydroxyl groups is 1. The maximum absolute atomic E-state index is 9.48. The molecule has 0 spiro atoms. The molecule has 0 atom stereocenters. The molecule has 0 saturated heterocycles. The number of phenolic OH excluding ortho intramolecular Hbond substituents is 1. The molecular formula is C19H17NO. The maximum Gasteiger partial charge on any atom is 0.115 e. The van der Waals surface area contributed by atoms with E-state index < -0.39 is 0 Å². The molecule has 0 aliphatic carbocycles. The molecular weight excluding hydrogens is 258 g/mol. The predicted molar refractivity (Wildman–Crippen MR) is 86.8 cm³/mol. The molecule has 0 heterocycles. The minimum atomic E-state index is 0.284. The number of nitrogens with zero attached hydrogens (tertiary/aromatic N) is 1. The van der Waals surface area contributed by atoms with E-state index in [0.717, 1.165) is 17.9 Å². The molecule has 0 amide bonds. The van der Waals surface area contributed by atoms with E-state index in [9.17, 15) is 5.11 Å². The Bertz CT molecular complexity index is 678. The lowest BCUT2D eigenvalue weighted by molar-refractivity contribution is 0.475. The molecule has 0 radical (unpaired) electrons. The van der Waals surface area contributed by atoms with E-state index in [2.05, 4.69) is 41.3 Å². The third-order valence-electron chi connectivity index (χ3n) is 3.41. The Morgan fingerprint density at radius 2 is 1.14 bits per heavy atom. The fraction of sp³-hybridized carbons (Fsp3) is 0.0526. The topological polar surface area (TPSA) is 23.5 Å². The van der Waals surface area contributed by atoms with Crippen molar-refractivity contribution in [3.63, 3.8) is 0 Å². The van der Waals surface area contributed by atoms with Gasteiger partial charge in [-0.3, -0.25) is 0 Å². The van der Waals surface area contributed by atoms with Gasteiger partial charge in [-0.25, -0.2) is 0 Å². The van der Waals surface area contributed by atoms with Gasteiger partial charge >= 0.3 is 0 Å². The SMILES string of the molecule is Oc1ccc(N(Cc2ccccc2)c2ccccc2)cc1. The Morgan fingerprint density at radius 3 is 1.76 bits per heavy atom. The fourth-order valence-corrected chi connectivity index (χ4v) is 2.34.